The van der Waals surface area contributed by atoms with Crippen LogP contribution < -0.4 is 0 Å². The van der Waals surface area contributed by atoms with Gasteiger partial charge in [-0.25, -0.2) is 8.78 Å². The summed E-state index contributed by atoms with van der Waals surface area (Å²) in [6.07, 6.45) is 1.23. The van der Waals surface area contributed by atoms with Gasteiger partial charge in [-0.15, -0.1) is 0 Å². The molecule has 0 radical (unpaired) electrons. The van der Waals surface area contributed by atoms with Crippen LogP contribution in [-0.4, -0.2) is 11.1 Å². The number of rotatable bonds is 5. The fraction of sp³-hybridized carbons (Fsp3) is 0.417. The Balaban J connectivity index is 2.55. The van der Waals surface area contributed by atoms with Crippen molar-refractivity contribution in [3.8, 4) is 0 Å². The number of aryl methyl sites for hydroxylation is 1. The maximum Gasteiger partial charge on any atom is 0.303 e. The summed E-state index contributed by atoms with van der Waals surface area (Å²) in [6.45, 7) is 0.854. The zero-order valence-electron chi connectivity index (χ0n) is 9.04. The van der Waals surface area contributed by atoms with Crippen LogP contribution in [0.2, 0.25) is 0 Å². The third kappa shape index (κ3) is 3.96. The van der Waals surface area contributed by atoms with Crippen LogP contribution in [0.15, 0.2) is 24.3 Å². The van der Waals surface area contributed by atoms with Crippen LogP contribution >= 0.6 is 0 Å². The number of benzene rings is 1. The van der Waals surface area contributed by atoms with Gasteiger partial charge in [0.2, 0.25) is 0 Å². The number of hydrogen-bond acceptors (Lipinski definition) is 1. The number of halogens is 2. The van der Waals surface area contributed by atoms with Crippen molar-refractivity contribution in [1.82, 2.24) is 0 Å². The highest BCUT2D eigenvalue weighted by atomic mass is 19.3. The van der Waals surface area contributed by atoms with Crippen molar-refractivity contribution < 1.29 is 18.7 Å². The van der Waals surface area contributed by atoms with Crippen molar-refractivity contribution in [2.24, 2.45) is 0 Å². The van der Waals surface area contributed by atoms with Gasteiger partial charge in [-0.05, 0) is 18.4 Å². The van der Waals surface area contributed by atoms with Crippen molar-refractivity contribution in [1.29, 1.82) is 0 Å². The molecule has 0 heterocycles. The Labute approximate surface area is 92.9 Å². The Morgan fingerprint density at radius 2 is 1.88 bits per heavy atom. The molecular formula is C12H14F2O2. The van der Waals surface area contributed by atoms with Gasteiger partial charge in [0, 0.05) is 18.9 Å². The lowest BCUT2D eigenvalue weighted by molar-refractivity contribution is -0.137. The first kappa shape index (κ1) is 12.6. The Kier molecular flexibility index (Phi) is 3.99. The van der Waals surface area contributed by atoms with Crippen LogP contribution in [0, 0.1) is 0 Å². The van der Waals surface area contributed by atoms with Crippen LogP contribution in [0.1, 0.15) is 30.9 Å². The second kappa shape index (κ2) is 5.05. The topological polar surface area (TPSA) is 37.3 Å². The summed E-state index contributed by atoms with van der Waals surface area (Å²) in [5, 5.41) is 8.44. The zero-order valence-corrected chi connectivity index (χ0v) is 9.04. The first-order chi connectivity index (χ1) is 7.39. The number of alkyl halides is 2. The summed E-state index contributed by atoms with van der Waals surface area (Å²) in [5.74, 6) is -3.66. The van der Waals surface area contributed by atoms with E-state index >= 15 is 0 Å². The molecule has 0 aromatic heterocycles. The number of aliphatic carboxylic acids is 1. The maximum absolute atomic E-state index is 12.9. The maximum atomic E-state index is 12.9. The summed E-state index contributed by atoms with van der Waals surface area (Å²) in [6, 6.07) is 6.01. The minimum Gasteiger partial charge on any atom is -0.481 e. The van der Waals surface area contributed by atoms with Gasteiger partial charge < -0.3 is 5.11 Å². The largest absolute Gasteiger partial charge is 0.481 e. The predicted molar refractivity (Wildman–Crippen MR) is 56.6 cm³/mol. The molecule has 0 aliphatic rings. The highest BCUT2D eigenvalue weighted by molar-refractivity contribution is 5.66. The monoisotopic (exact) mass is 228 g/mol. The molecule has 0 amide bonds. The molecule has 1 rings (SSSR count). The van der Waals surface area contributed by atoms with Crippen molar-refractivity contribution in [2.75, 3.05) is 0 Å². The molecule has 2 nitrogen and oxygen atoms in total. The van der Waals surface area contributed by atoms with Gasteiger partial charge in [-0.2, -0.15) is 0 Å². The molecule has 0 fully saturated rings. The zero-order chi connectivity index (χ0) is 12.2. The number of carboxylic acid groups (broad SMARTS) is 1. The van der Waals surface area contributed by atoms with E-state index in [9.17, 15) is 13.6 Å². The fourth-order valence-electron chi connectivity index (χ4n) is 1.41. The lowest BCUT2D eigenvalue weighted by Crippen LogP contribution is -2.06. The predicted octanol–water partition coefficient (Wildman–Crippen LogP) is 3.21. The van der Waals surface area contributed by atoms with Crippen LogP contribution in [0.25, 0.3) is 0 Å². The molecule has 0 aliphatic heterocycles. The lowest BCUT2D eigenvalue weighted by atomic mass is 10.0. The SMILES string of the molecule is CC(F)(F)c1ccc(CCCC(=O)O)cc1. The van der Waals surface area contributed by atoms with Crippen molar-refractivity contribution in [3.63, 3.8) is 0 Å². The molecule has 0 saturated carbocycles. The molecule has 0 aliphatic carbocycles. The van der Waals surface area contributed by atoms with E-state index in [0.717, 1.165) is 12.5 Å². The van der Waals surface area contributed by atoms with E-state index in [-0.39, 0.29) is 12.0 Å². The van der Waals surface area contributed by atoms with Gasteiger partial charge in [0.15, 0.2) is 0 Å². The molecular weight excluding hydrogens is 214 g/mol. The Morgan fingerprint density at radius 1 is 1.31 bits per heavy atom. The van der Waals surface area contributed by atoms with Crippen LogP contribution in [0.3, 0.4) is 0 Å². The lowest BCUT2D eigenvalue weighted by Gasteiger charge is -2.10. The number of carboxylic acids is 1. The van der Waals surface area contributed by atoms with Crippen LogP contribution in [0.4, 0.5) is 8.78 Å². The van der Waals surface area contributed by atoms with Crippen LogP contribution in [0.5, 0.6) is 0 Å². The average molecular weight is 228 g/mol. The minimum atomic E-state index is -2.82. The first-order valence-corrected chi connectivity index (χ1v) is 5.08. The van der Waals surface area contributed by atoms with E-state index in [1.807, 2.05) is 0 Å². The third-order valence-electron chi connectivity index (χ3n) is 2.32. The van der Waals surface area contributed by atoms with E-state index < -0.39 is 11.9 Å². The van der Waals surface area contributed by atoms with E-state index in [2.05, 4.69) is 0 Å². The Hall–Kier alpha value is -1.45. The molecule has 1 aromatic carbocycles. The molecule has 0 bridgehead atoms. The molecule has 1 N–H and O–H groups in total. The highest BCUT2D eigenvalue weighted by Gasteiger charge is 2.23. The summed E-state index contributed by atoms with van der Waals surface area (Å²) in [5.41, 5.74) is 0.865. The van der Waals surface area contributed by atoms with Gasteiger partial charge in [0.05, 0.1) is 0 Å². The normalized spacial score (nSPS) is 11.4. The summed E-state index contributed by atoms with van der Waals surface area (Å²) in [4.78, 5) is 10.3. The fourth-order valence-corrected chi connectivity index (χ4v) is 1.41. The molecule has 4 heteroatoms. The van der Waals surface area contributed by atoms with Gasteiger partial charge in [0.25, 0.3) is 5.92 Å². The van der Waals surface area contributed by atoms with Gasteiger partial charge in [0.1, 0.15) is 0 Å². The molecule has 1 aromatic rings. The molecule has 0 unspecified atom stereocenters. The minimum absolute atomic E-state index is 0.0190. The Morgan fingerprint density at radius 3 is 2.31 bits per heavy atom. The molecule has 88 valence electrons. The second-order valence-electron chi connectivity index (χ2n) is 3.83. The summed E-state index contributed by atoms with van der Waals surface area (Å²) in [7, 11) is 0. The van der Waals surface area contributed by atoms with E-state index in [4.69, 9.17) is 5.11 Å². The van der Waals surface area contributed by atoms with Gasteiger partial charge in [-0.3, -0.25) is 4.79 Å². The highest BCUT2D eigenvalue weighted by Crippen LogP contribution is 2.26. The molecule has 0 saturated heterocycles. The van der Waals surface area contributed by atoms with Crippen molar-refractivity contribution >= 4 is 5.97 Å². The van der Waals surface area contributed by atoms with E-state index in [1.54, 1.807) is 12.1 Å². The third-order valence-corrected chi connectivity index (χ3v) is 2.32. The summed E-state index contributed by atoms with van der Waals surface area (Å²) >= 11 is 0. The molecule has 0 atom stereocenters. The number of carbonyl (C=O) groups is 1. The average Bonchev–Trinajstić information content (AvgIpc) is 2.16. The molecule has 0 spiro atoms. The Bertz CT molecular complexity index is 352. The van der Waals surface area contributed by atoms with Crippen molar-refractivity contribution in [2.45, 2.75) is 32.1 Å². The van der Waals surface area contributed by atoms with Crippen LogP contribution in [-0.2, 0) is 17.1 Å². The summed E-state index contributed by atoms with van der Waals surface area (Å²) < 4.78 is 25.7. The smallest absolute Gasteiger partial charge is 0.303 e. The molecule has 16 heavy (non-hydrogen) atoms. The van der Waals surface area contributed by atoms with Gasteiger partial charge in [-0.1, -0.05) is 24.3 Å². The first-order valence-electron chi connectivity index (χ1n) is 5.08. The standard InChI is InChI=1S/C12H14F2O2/c1-12(13,14)10-7-5-9(6-8-10)3-2-4-11(15)16/h5-8H,2-4H2,1H3,(H,15,16). The van der Waals surface area contributed by atoms with Gasteiger partial charge >= 0.3 is 5.97 Å². The van der Waals surface area contributed by atoms with Crippen molar-refractivity contribution in [3.05, 3.63) is 35.4 Å². The van der Waals surface area contributed by atoms with E-state index in [0.29, 0.717) is 12.8 Å². The number of hydrogen-bond donors (Lipinski definition) is 1. The quantitative estimate of drug-likeness (QED) is 0.840. The van der Waals surface area contributed by atoms with E-state index in [1.165, 1.54) is 12.1 Å². The second-order valence-corrected chi connectivity index (χ2v) is 3.83.